The van der Waals surface area contributed by atoms with Crippen LogP contribution in [0.5, 0.6) is 0 Å². The molecule has 1 aromatic carbocycles. The summed E-state index contributed by atoms with van der Waals surface area (Å²) in [6.45, 7) is 0. The Labute approximate surface area is 92.8 Å². The number of hydrogen-bond donors (Lipinski definition) is 2. The van der Waals surface area contributed by atoms with E-state index in [0.29, 0.717) is 17.1 Å². The number of hydrogen-bond acceptors (Lipinski definition) is 2. The second-order valence-corrected chi connectivity index (χ2v) is 4.52. The average molecular weight is 226 g/mol. The predicted octanol–water partition coefficient (Wildman–Crippen LogP) is 2.33. The van der Waals surface area contributed by atoms with Crippen molar-refractivity contribution >= 4 is 23.3 Å². The van der Waals surface area contributed by atoms with Crippen molar-refractivity contribution in [2.45, 2.75) is 19.3 Å². The van der Waals surface area contributed by atoms with Gasteiger partial charge in [0.25, 0.3) is 0 Å². The van der Waals surface area contributed by atoms with Crippen molar-refractivity contribution < 1.29 is 9.90 Å². The van der Waals surface area contributed by atoms with Crippen molar-refractivity contribution in [3.8, 4) is 0 Å². The highest BCUT2D eigenvalue weighted by Gasteiger charge is 2.50. The molecule has 15 heavy (non-hydrogen) atoms. The minimum atomic E-state index is -0.735. The van der Waals surface area contributed by atoms with Gasteiger partial charge in [-0.25, -0.2) is 0 Å². The van der Waals surface area contributed by atoms with E-state index in [4.69, 9.17) is 22.4 Å². The van der Waals surface area contributed by atoms with E-state index in [1.165, 1.54) is 0 Å². The van der Waals surface area contributed by atoms with E-state index >= 15 is 0 Å². The van der Waals surface area contributed by atoms with Crippen LogP contribution in [0.15, 0.2) is 18.2 Å². The van der Waals surface area contributed by atoms with E-state index in [1.54, 1.807) is 18.2 Å². The van der Waals surface area contributed by atoms with Crippen molar-refractivity contribution in [1.82, 2.24) is 0 Å². The Bertz CT molecular complexity index is 413. The van der Waals surface area contributed by atoms with Crippen LogP contribution in [0, 0.1) is 5.41 Å². The van der Waals surface area contributed by atoms with E-state index < -0.39 is 11.4 Å². The van der Waals surface area contributed by atoms with Crippen LogP contribution in [0.1, 0.15) is 18.4 Å². The molecule has 0 aliphatic heterocycles. The molecule has 1 aliphatic rings. The Morgan fingerprint density at radius 1 is 1.53 bits per heavy atom. The molecule has 0 bridgehead atoms. The molecular weight excluding hydrogens is 214 g/mol. The molecule has 3 N–H and O–H groups in total. The average Bonchev–Trinajstić information content (AvgIpc) is 2.92. The van der Waals surface area contributed by atoms with Crippen molar-refractivity contribution in [3.63, 3.8) is 0 Å². The number of carboxylic acids is 1. The standard InChI is InChI=1S/C11H12ClNO2/c12-9-2-1-8(13)5-7(9)6-11(3-4-11)10(14)15/h1-2,5H,3-4,6,13H2,(H,14,15). The number of nitrogens with two attached hydrogens (primary N) is 1. The molecule has 0 heterocycles. The van der Waals surface area contributed by atoms with Crippen LogP contribution in [0.25, 0.3) is 0 Å². The molecule has 2 rings (SSSR count). The summed E-state index contributed by atoms with van der Waals surface area (Å²) in [6.07, 6.45) is 1.94. The van der Waals surface area contributed by atoms with Gasteiger partial charge in [0.15, 0.2) is 0 Å². The summed E-state index contributed by atoms with van der Waals surface area (Å²) in [7, 11) is 0. The largest absolute Gasteiger partial charge is 0.481 e. The Kier molecular flexibility index (Phi) is 2.35. The minimum absolute atomic E-state index is 0.478. The highest BCUT2D eigenvalue weighted by molar-refractivity contribution is 6.31. The first-order valence-corrected chi connectivity index (χ1v) is 5.19. The van der Waals surface area contributed by atoms with Gasteiger partial charge in [0.2, 0.25) is 0 Å². The normalized spacial score (nSPS) is 17.4. The third-order valence-electron chi connectivity index (χ3n) is 2.91. The molecule has 0 spiro atoms. The van der Waals surface area contributed by atoms with Crippen LogP contribution < -0.4 is 5.73 Å². The maximum Gasteiger partial charge on any atom is 0.309 e. The predicted molar refractivity (Wildman–Crippen MR) is 58.9 cm³/mol. The first kappa shape index (κ1) is 10.3. The maximum absolute atomic E-state index is 11.0. The zero-order chi connectivity index (χ0) is 11.1. The van der Waals surface area contributed by atoms with Gasteiger partial charge in [0.05, 0.1) is 5.41 Å². The van der Waals surface area contributed by atoms with Crippen LogP contribution in [0.2, 0.25) is 5.02 Å². The number of nitrogen functional groups attached to an aromatic ring is 1. The van der Waals surface area contributed by atoms with Crippen LogP contribution in [0.3, 0.4) is 0 Å². The molecule has 0 unspecified atom stereocenters. The van der Waals surface area contributed by atoms with Crippen LogP contribution >= 0.6 is 11.6 Å². The summed E-state index contributed by atoms with van der Waals surface area (Å²) >= 11 is 5.99. The molecule has 1 saturated carbocycles. The molecule has 80 valence electrons. The molecule has 3 nitrogen and oxygen atoms in total. The fourth-order valence-electron chi connectivity index (χ4n) is 1.71. The molecule has 0 radical (unpaired) electrons. The van der Waals surface area contributed by atoms with Gasteiger partial charge in [-0.2, -0.15) is 0 Å². The Morgan fingerprint density at radius 2 is 2.20 bits per heavy atom. The lowest BCUT2D eigenvalue weighted by Gasteiger charge is -2.11. The highest BCUT2D eigenvalue weighted by atomic mass is 35.5. The van der Waals surface area contributed by atoms with Gasteiger partial charge >= 0.3 is 5.97 Å². The Balaban J connectivity index is 2.24. The minimum Gasteiger partial charge on any atom is -0.481 e. The number of halogens is 1. The third kappa shape index (κ3) is 1.92. The van der Waals surface area contributed by atoms with Crippen molar-refractivity contribution in [3.05, 3.63) is 28.8 Å². The van der Waals surface area contributed by atoms with E-state index in [2.05, 4.69) is 0 Å². The van der Waals surface area contributed by atoms with Gasteiger partial charge < -0.3 is 10.8 Å². The number of rotatable bonds is 3. The van der Waals surface area contributed by atoms with Gasteiger partial charge in [0, 0.05) is 10.7 Å². The lowest BCUT2D eigenvalue weighted by molar-refractivity contribution is -0.143. The van der Waals surface area contributed by atoms with Gasteiger partial charge in [-0.1, -0.05) is 11.6 Å². The van der Waals surface area contributed by atoms with E-state index in [0.717, 1.165) is 18.4 Å². The van der Waals surface area contributed by atoms with E-state index in [-0.39, 0.29) is 0 Å². The van der Waals surface area contributed by atoms with Crippen molar-refractivity contribution in [2.24, 2.45) is 5.41 Å². The van der Waals surface area contributed by atoms with Crippen molar-refractivity contribution in [2.75, 3.05) is 5.73 Å². The van der Waals surface area contributed by atoms with E-state index in [9.17, 15) is 4.79 Å². The van der Waals surface area contributed by atoms with Crippen LogP contribution in [-0.4, -0.2) is 11.1 Å². The highest BCUT2D eigenvalue weighted by Crippen LogP contribution is 2.49. The first-order valence-electron chi connectivity index (χ1n) is 4.81. The number of aliphatic carboxylic acids is 1. The molecule has 4 heteroatoms. The number of carbonyl (C=O) groups is 1. The van der Waals surface area contributed by atoms with E-state index in [1.807, 2.05) is 0 Å². The quantitative estimate of drug-likeness (QED) is 0.776. The van der Waals surface area contributed by atoms with Crippen LogP contribution in [0.4, 0.5) is 5.69 Å². The Hall–Kier alpha value is -1.22. The lowest BCUT2D eigenvalue weighted by Crippen LogP contribution is -2.17. The number of anilines is 1. The topological polar surface area (TPSA) is 63.3 Å². The maximum atomic E-state index is 11.0. The van der Waals surface area contributed by atoms with Gasteiger partial charge in [-0.05, 0) is 43.0 Å². The monoisotopic (exact) mass is 225 g/mol. The Morgan fingerprint density at radius 3 is 2.73 bits per heavy atom. The number of carboxylic acid groups (broad SMARTS) is 1. The molecule has 1 aromatic rings. The second kappa shape index (κ2) is 3.42. The summed E-state index contributed by atoms with van der Waals surface area (Å²) in [4.78, 5) is 11.0. The smallest absolute Gasteiger partial charge is 0.309 e. The zero-order valence-corrected chi connectivity index (χ0v) is 8.92. The molecule has 1 aliphatic carbocycles. The van der Waals surface area contributed by atoms with Crippen LogP contribution in [-0.2, 0) is 11.2 Å². The fraction of sp³-hybridized carbons (Fsp3) is 0.364. The SMILES string of the molecule is Nc1ccc(Cl)c(CC2(C(=O)O)CC2)c1. The van der Waals surface area contributed by atoms with Gasteiger partial charge in [-0.3, -0.25) is 4.79 Å². The molecule has 1 fully saturated rings. The summed E-state index contributed by atoms with van der Waals surface area (Å²) in [5, 5.41) is 9.65. The molecular formula is C11H12ClNO2. The molecule has 0 atom stereocenters. The zero-order valence-electron chi connectivity index (χ0n) is 8.16. The lowest BCUT2D eigenvalue weighted by atomic mass is 9.96. The number of benzene rings is 1. The summed E-state index contributed by atoms with van der Waals surface area (Å²) in [5.74, 6) is -0.735. The van der Waals surface area contributed by atoms with Gasteiger partial charge in [0.1, 0.15) is 0 Å². The molecule has 0 amide bonds. The molecule has 0 saturated heterocycles. The van der Waals surface area contributed by atoms with Gasteiger partial charge in [-0.15, -0.1) is 0 Å². The van der Waals surface area contributed by atoms with Crippen molar-refractivity contribution in [1.29, 1.82) is 0 Å². The molecule has 0 aromatic heterocycles. The fourth-order valence-corrected chi connectivity index (χ4v) is 1.90. The first-order chi connectivity index (χ1) is 7.03. The summed E-state index contributed by atoms with van der Waals surface area (Å²) in [6, 6.07) is 5.18. The summed E-state index contributed by atoms with van der Waals surface area (Å²) in [5.41, 5.74) is 6.50. The summed E-state index contributed by atoms with van der Waals surface area (Å²) < 4.78 is 0. The third-order valence-corrected chi connectivity index (χ3v) is 3.27. The second-order valence-electron chi connectivity index (χ2n) is 4.11.